The Balaban J connectivity index is 1.88. The van der Waals surface area contributed by atoms with Crippen molar-refractivity contribution in [1.29, 1.82) is 0 Å². The molecule has 24 heavy (non-hydrogen) atoms. The summed E-state index contributed by atoms with van der Waals surface area (Å²) in [5, 5.41) is 12.9. The molecular weight excluding hydrogens is 412 g/mol. The van der Waals surface area contributed by atoms with Gasteiger partial charge in [0.05, 0.1) is 6.61 Å². The molecule has 0 fully saturated rings. The summed E-state index contributed by atoms with van der Waals surface area (Å²) in [4.78, 5) is 23.1. The van der Waals surface area contributed by atoms with E-state index in [4.69, 9.17) is 0 Å². The summed E-state index contributed by atoms with van der Waals surface area (Å²) in [6.45, 7) is 1.82. The summed E-state index contributed by atoms with van der Waals surface area (Å²) in [6.07, 6.45) is 0. The second-order valence-electron chi connectivity index (χ2n) is 5.19. The monoisotopic (exact) mass is 426 g/mol. The first-order valence-corrected chi connectivity index (χ1v) is 9.80. The number of thiazole rings is 1. The minimum Gasteiger partial charge on any atom is -0.394 e. The predicted molar refractivity (Wildman–Crippen MR) is 102 cm³/mol. The molecule has 0 aliphatic heterocycles. The molecule has 0 amide bonds. The first-order valence-electron chi connectivity index (χ1n) is 7.20. The third-order valence-corrected chi connectivity index (χ3v) is 5.46. The standard InChI is InChI=1S/C15H15BrN4O2S2/c1-8(6-21)17-12-11-13(20-15(22)24-11)19-14(18-12)23-7-9-3-2-4-10(16)5-9/h2-5,8,21H,6-7H2,1H3,(H2,17,18,19,20,22)/t8-/m1/s1. The average molecular weight is 427 g/mol. The van der Waals surface area contributed by atoms with Gasteiger partial charge in [0.1, 0.15) is 4.70 Å². The number of anilines is 1. The van der Waals surface area contributed by atoms with Gasteiger partial charge in [-0.15, -0.1) is 0 Å². The zero-order valence-corrected chi connectivity index (χ0v) is 16.0. The summed E-state index contributed by atoms with van der Waals surface area (Å²) in [5.74, 6) is 1.29. The van der Waals surface area contributed by atoms with Crippen molar-refractivity contribution in [3.63, 3.8) is 0 Å². The molecule has 0 bridgehead atoms. The molecule has 0 saturated heterocycles. The molecule has 1 atom stereocenters. The highest BCUT2D eigenvalue weighted by Gasteiger charge is 2.13. The van der Waals surface area contributed by atoms with E-state index in [2.05, 4.69) is 36.2 Å². The van der Waals surface area contributed by atoms with Crippen LogP contribution in [0, 0.1) is 0 Å². The Labute approximate surface area is 154 Å². The van der Waals surface area contributed by atoms with Crippen LogP contribution in [-0.4, -0.2) is 32.7 Å². The van der Waals surface area contributed by atoms with Gasteiger partial charge < -0.3 is 10.4 Å². The predicted octanol–water partition coefficient (Wildman–Crippen LogP) is 3.23. The van der Waals surface area contributed by atoms with E-state index < -0.39 is 0 Å². The van der Waals surface area contributed by atoms with Crippen LogP contribution in [-0.2, 0) is 5.75 Å². The second kappa shape index (κ2) is 7.64. The number of aromatic nitrogens is 3. The van der Waals surface area contributed by atoms with Crippen LogP contribution in [0.2, 0.25) is 0 Å². The van der Waals surface area contributed by atoms with E-state index in [0.29, 0.717) is 27.1 Å². The molecule has 3 N–H and O–H groups in total. The maximum absolute atomic E-state index is 11.6. The highest BCUT2D eigenvalue weighted by atomic mass is 79.9. The molecule has 0 saturated carbocycles. The van der Waals surface area contributed by atoms with Crippen LogP contribution in [0.15, 0.2) is 38.7 Å². The number of fused-ring (bicyclic) bond motifs is 1. The van der Waals surface area contributed by atoms with E-state index in [0.717, 1.165) is 21.4 Å². The van der Waals surface area contributed by atoms with Gasteiger partial charge in [-0.05, 0) is 24.6 Å². The van der Waals surface area contributed by atoms with Crippen molar-refractivity contribution < 1.29 is 5.11 Å². The molecule has 3 rings (SSSR count). The van der Waals surface area contributed by atoms with E-state index >= 15 is 0 Å². The number of hydrogen-bond donors (Lipinski definition) is 3. The van der Waals surface area contributed by atoms with Crippen molar-refractivity contribution in [2.45, 2.75) is 23.9 Å². The largest absolute Gasteiger partial charge is 0.394 e. The Hall–Kier alpha value is -1.42. The maximum atomic E-state index is 11.6. The Bertz CT molecular complexity index is 912. The first-order chi connectivity index (χ1) is 11.5. The van der Waals surface area contributed by atoms with Gasteiger partial charge in [0, 0.05) is 16.3 Å². The number of thioether (sulfide) groups is 1. The molecule has 0 spiro atoms. The zero-order chi connectivity index (χ0) is 17.1. The normalized spacial score (nSPS) is 12.5. The lowest BCUT2D eigenvalue weighted by Crippen LogP contribution is -2.20. The number of aliphatic hydroxyl groups excluding tert-OH is 1. The molecule has 126 valence electrons. The van der Waals surface area contributed by atoms with Gasteiger partial charge in [-0.25, -0.2) is 9.97 Å². The Morgan fingerprint density at radius 2 is 2.29 bits per heavy atom. The van der Waals surface area contributed by atoms with Crippen molar-refractivity contribution in [1.82, 2.24) is 15.0 Å². The summed E-state index contributed by atoms with van der Waals surface area (Å²) >= 11 is 6.01. The minimum absolute atomic E-state index is 0.0225. The molecule has 1 aromatic carbocycles. The number of halogens is 1. The van der Waals surface area contributed by atoms with Crippen LogP contribution in [0.3, 0.4) is 0 Å². The number of aliphatic hydroxyl groups is 1. The van der Waals surface area contributed by atoms with Crippen molar-refractivity contribution in [3.05, 3.63) is 44.0 Å². The van der Waals surface area contributed by atoms with E-state index in [1.54, 1.807) is 0 Å². The fraction of sp³-hybridized carbons (Fsp3) is 0.267. The summed E-state index contributed by atoms with van der Waals surface area (Å²) in [7, 11) is 0. The third-order valence-electron chi connectivity index (χ3n) is 3.17. The molecule has 6 nitrogen and oxygen atoms in total. The topological polar surface area (TPSA) is 90.9 Å². The van der Waals surface area contributed by atoms with Gasteiger partial charge in [-0.2, -0.15) is 0 Å². The van der Waals surface area contributed by atoms with Crippen LogP contribution in [0.5, 0.6) is 0 Å². The Morgan fingerprint density at radius 3 is 3.04 bits per heavy atom. The van der Waals surface area contributed by atoms with E-state index in [1.807, 2.05) is 31.2 Å². The lowest BCUT2D eigenvalue weighted by Gasteiger charge is -2.12. The van der Waals surface area contributed by atoms with Crippen molar-refractivity contribution in [2.24, 2.45) is 0 Å². The van der Waals surface area contributed by atoms with Crippen LogP contribution in [0.1, 0.15) is 12.5 Å². The molecule has 0 radical (unpaired) electrons. The van der Waals surface area contributed by atoms with Gasteiger partial charge in [0.25, 0.3) is 0 Å². The summed E-state index contributed by atoms with van der Waals surface area (Å²) in [6, 6.07) is 7.88. The molecule has 0 aliphatic carbocycles. The fourth-order valence-electron chi connectivity index (χ4n) is 2.04. The number of benzene rings is 1. The van der Waals surface area contributed by atoms with E-state index in [-0.39, 0.29) is 17.5 Å². The average Bonchev–Trinajstić information content (AvgIpc) is 2.93. The SMILES string of the molecule is C[C@H](CO)Nc1nc(SCc2cccc(Br)c2)nc2[nH]c(=O)sc12. The fourth-order valence-corrected chi connectivity index (χ4v) is 4.00. The molecule has 0 aliphatic rings. The zero-order valence-electron chi connectivity index (χ0n) is 12.7. The van der Waals surface area contributed by atoms with Crippen molar-refractivity contribution in [2.75, 3.05) is 11.9 Å². The van der Waals surface area contributed by atoms with Crippen LogP contribution >= 0.6 is 39.0 Å². The second-order valence-corrected chi connectivity index (χ2v) is 8.03. The summed E-state index contributed by atoms with van der Waals surface area (Å²) in [5.41, 5.74) is 1.67. The molecule has 0 unspecified atom stereocenters. The number of nitrogens with one attached hydrogen (secondary N) is 2. The maximum Gasteiger partial charge on any atom is 0.306 e. The van der Waals surface area contributed by atoms with Gasteiger partial charge >= 0.3 is 4.87 Å². The quantitative estimate of drug-likeness (QED) is 0.413. The van der Waals surface area contributed by atoms with E-state index in [9.17, 15) is 9.90 Å². The van der Waals surface area contributed by atoms with Gasteiger partial charge in [0.2, 0.25) is 0 Å². The molecule has 2 aromatic heterocycles. The number of nitrogens with zero attached hydrogens (tertiary/aromatic N) is 2. The highest BCUT2D eigenvalue weighted by molar-refractivity contribution is 9.10. The smallest absolute Gasteiger partial charge is 0.306 e. The lowest BCUT2D eigenvalue weighted by atomic mass is 10.2. The van der Waals surface area contributed by atoms with Crippen LogP contribution < -0.4 is 10.2 Å². The van der Waals surface area contributed by atoms with Crippen molar-refractivity contribution >= 4 is 55.2 Å². The van der Waals surface area contributed by atoms with Crippen molar-refractivity contribution in [3.8, 4) is 0 Å². The molecular formula is C15H15BrN4O2S2. The van der Waals surface area contributed by atoms with Gasteiger partial charge in [-0.3, -0.25) is 9.78 Å². The Morgan fingerprint density at radius 1 is 1.46 bits per heavy atom. The van der Waals surface area contributed by atoms with Crippen LogP contribution in [0.25, 0.3) is 10.3 Å². The lowest BCUT2D eigenvalue weighted by molar-refractivity contribution is 0.281. The molecule has 3 aromatic rings. The highest BCUT2D eigenvalue weighted by Crippen LogP contribution is 2.28. The summed E-state index contributed by atoms with van der Waals surface area (Å²) < 4.78 is 1.70. The number of aromatic amines is 1. The Kier molecular flexibility index (Phi) is 5.54. The third kappa shape index (κ3) is 4.15. The first kappa shape index (κ1) is 17.4. The van der Waals surface area contributed by atoms with Gasteiger partial charge in [-0.1, -0.05) is 51.2 Å². The van der Waals surface area contributed by atoms with Crippen LogP contribution in [0.4, 0.5) is 5.82 Å². The minimum atomic E-state index is -0.173. The molecule has 2 heterocycles. The molecule has 9 heteroatoms. The number of hydrogen-bond acceptors (Lipinski definition) is 7. The van der Waals surface area contributed by atoms with E-state index in [1.165, 1.54) is 11.8 Å². The number of rotatable bonds is 6. The van der Waals surface area contributed by atoms with Gasteiger partial charge in [0.15, 0.2) is 16.6 Å². The number of H-pyrrole nitrogens is 1.